The summed E-state index contributed by atoms with van der Waals surface area (Å²) in [4.78, 5) is 0. The summed E-state index contributed by atoms with van der Waals surface area (Å²) < 4.78 is 16.6. The molecule has 1 N–H and O–H groups in total. The molecule has 0 fully saturated rings. The number of hydrogen-bond donors (Lipinski definition) is 1. The van der Waals surface area contributed by atoms with Crippen LogP contribution >= 0.6 is 0 Å². The Morgan fingerprint density at radius 2 is 1.60 bits per heavy atom. The number of phenols is 1. The molecule has 0 atom stereocenters. The maximum atomic E-state index is 10.7. The summed E-state index contributed by atoms with van der Waals surface area (Å²) >= 11 is 0. The lowest BCUT2D eigenvalue weighted by Gasteiger charge is -2.10. The fourth-order valence-electron chi connectivity index (χ4n) is 3.30. The molecule has 4 rings (SSSR count). The molecule has 5 heteroatoms. The van der Waals surface area contributed by atoms with Gasteiger partial charge >= 0.3 is 0 Å². The van der Waals surface area contributed by atoms with E-state index in [1.165, 1.54) is 5.56 Å². The van der Waals surface area contributed by atoms with Crippen LogP contribution in [0.15, 0.2) is 71.3 Å². The first-order chi connectivity index (χ1) is 14.5. The van der Waals surface area contributed by atoms with Crippen molar-refractivity contribution in [3.05, 3.63) is 83.6 Å². The lowest BCUT2D eigenvalue weighted by atomic mass is 9.99. The van der Waals surface area contributed by atoms with E-state index >= 15 is 0 Å². The van der Waals surface area contributed by atoms with Gasteiger partial charge in [-0.1, -0.05) is 47.1 Å². The number of aromatic hydroxyl groups is 1. The van der Waals surface area contributed by atoms with Crippen LogP contribution in [0.25, 0.3) is 22.5 Å². The van der Waals surface area contributed by atoms with E-state index in [0.29, 0.717) is 23.7 Å². The average molecular weight is 401 g/mol. The van der Waals surface area contributed by atoms with Crippen LogP contribution in [-0.4, -0.2) is 17.4 Å². The summed E-state index contributed by atoms with van der Waals surface area (Å²) in [5, 5.41) is 14.8. The molecule has 0 aliphatic rings. The standard InChI is InChI=1S/C25H23NO4/c1-16-4-6-18(7-5-16)15-29-21-12-13-22(23(27)14-21)25-24(17(2)26-30-25)19-8-10-20(28-3)11-9-19/h4-14,27H,15H2,1-3H3. The van der Waals surface area contributed by atoms with Gasteiger partial charge in [0.2, 0.25) is 0 Å². The minimum absolute atomic E-state index is 0.0716. The van der Waals surface area contributed by atoms with Gasteiger partial charge in [0, 0.05) is 6.07 Å². The molecule has 5 nitrogen and oxygen atoms in total. The molecule has 0 spiro atoms. The predicted octanol–water partition coefficient (Wildman–Crippen LogP) is 5.92. The van der Waals surface area contributed by atoms with E-state index < -0.39 is 0 Å². The van der Waals surface area contributed by atoms with E-state index in [9.17, 15) is 5.11 Å². The first-order valence-corrected chi connectivity index (χ1v) is 9.67. The number of aryl methyl sites for hydroxylation is 2. The molecule has 1 heterocycles. The molecule has 0 amide bonds. The molecule has 0 saturated carbocycles. The normalized spacial score (nSPS) is 10.8. The molecule has 30 heavy (non-hydrogen) atoms. The van der Waals surface area contributed by atoms with Gasteiger partial charge < -0.3 is 19.1 Å². The third-order valence-corrected chi connectivity index (χ3v) is 4.98. The van der Waals surface area contributed by atoms with Gasteiger partial charge in [-0.05, 0) is 49.2 Å². The summed E-state index contributed by atoms with van der Waals surface area (Å²) in [6.07, 6.45) is 0. The Hall–Kier alpha value is -3.73. The fraction of sp³-hybridized carbons (Fsp3) is 0.160. The Balaban J connectivity index is 1.59. The zero-order chi connectivity index (χ0) is 21.1. The quantitative estimate of drug-likeness (QED) is 0.434. The second-order valence-corrected chi connectivity index (χ2v) is 7.15. The summed E-state index contributed by atoms with van der Waals surface area (Å²) in [5.74, 6) is 1.94. The van der Waals surface area contributed by atoms with E-state index in [1.54, 1.807) is 19.2 Å². The second-order valence-electron chi connectivity index (χ2n) is 7.15. The van der Waals surface area contributed by atoms with Gasteiger partial charge in [-0.15, -0.1) is 0 Å². The molecule has 0 unspecified atom stereocenters. The molecular formula is C25H23NO4. The number of rotatable bonds is 6. The van der Waals surface area contributed by atoms with E-state index in [-0.39, 0.29) is 5.75 Å². The Bertz CT molecular complexity index is 1140. The Kier molecular flexibility index (Phi) is 5.44. The van der Waals surface area contributed by atoms with Crippen LogP contribution in [0.3, 0.4) is 0 Å². The third-order valence-electron chi connectivity index (χ3n) is 4.98. The third kappa shape index (κ3) is 4.01. The average Bonchev–Trinajstić information content (AvgIpc) is 3.14. The molecule has 0 saturated heterocycles. The van der Waals surface area contributed by atoms with Crippen LogP contribution in [0.5, 0.6) is 17.2 Å². The van der Waals surface area contributed by atoms with Crippen molar-refractivity contribution in [2.45, 2.75) is 20.5 Å². The summed E-state index contributed by atoms with van der Waals surface area (Å²) in [7, 11) is 1.63. The minimum atomic E-state index is 0.0716. The largest absolute Gasteiger partial charge is 0.507 e. The molecule has 0 bridgehead atoms. The predicted molar refractivity (Wildman–Crippen MR) is 116 cm³/mol. The van der Waals surface area contributed by atoms with Crippen LogP contribution < -0.4 is 9.47 Å². The van der Waals surface area contributed by atoms with Crippen molar-refractivity contribution in [3.63, 3.8) is 0 Å². The maximum Gasteiger partial charge on any atom is 0.178 e. The smallest absolute Gasteiger partial charge is 0.178 e. The van der Waals surface area contributed by atoms with Gasteiger partial charge in [0.15, 0.2) is 5.76 Å². The Labute approximate surface area is 175 Å². The van der Waals surface area contributed by atoms with Crippen LogP contribution in [0.1, 0.15) is 16.8 Å². The summed E-state index contributed by atoms with van der Waals surface area (Å²) in [6.45, 7) is 4.35. The van der Waals surface area contributed by atoms with E-state index in [4.69, 9.17) is 14.0 Å². The highest BCUT2D eigenvalue weighted by atomic mass is 16.5. The first-order valence-electron chi connectivity index (χ1n) is 9.67. The van der Waals surface area contributed by atoms with Crippen molar-refractivity contribution in [1.29, 1.82) is 0 Å². The Morgan fingerprint density at radius 1 is 0.900 bits per heavy atom. The van der Waals surface area contributed by atoms with Crippen molar-refractivity contribution in [3.8, 4) is 39.7 Å². The number of aromatic nitrogens is 1. The van der Waals surface area contributed by atoms with Crippen molar-refractivity contribution in [2.75, 3.05) is 7.11 Å². The van der Waals surface area contributed by atoms with Gasteiger partial charge in [0.25, 0.3) is 0 Å². The van der Waals surface area contributed by atoms with Crippen LogP contribution in [0.2, 0.25) is 0 Å². The fourth-order valence-corrected chi connectivity index (χ4v) is 3.30. The van der Waals surface area contributed by atoms with E-state index in [1.807, 2.05) is 68.4 Å². The van der Waals surface area contributed by atoms with Gasteiger partial charge in [-0.25, -0.2) is 0 Å². The van der Waals surface area contributed by atoms with Crippen LogP contribution in [0, 0.1) is 13.8 Å². The molecule has 0 aliphatic heterocycles. The topological polar surface area (TPSA) is 64.7 Å². The molecule has 152 valence electrons. The highest BCUT2D eigenvalue weighted by molar-refractivity contribution is 5.84. The molecule has 3 aromatic carbocycles. The molecule has 0 aliphatic carbocycles. The number of methoxy groups -OCH3 is 1. The number of ether oxygens (including phenoxy) is 2. The zero-order valence-electron chi connectivity index (χ0n) is 17.2. The van der Waals surface area contributed by atoms with Crippen molar-refractivity contribution in [2.24, 2.45) is 0 Å². The number of hydrogen-bond acceptors (Lipinski definition) is 5. The van der Waals surface area contributed by atoms with Crippen LogP contribution in [-0.2, 0) is 6.61 Å². The second kappa shape index (κ2) is 8.33. The molecule has 0 radical (unpaired) electrons. The van der Waals surface area contributed by atoms with Crippen molar-refractivity contribution >= 4 is 0 Å². The Morgan fingerprint density at radius 3 is 2.27 bits per heavy atom. The molecule has 1 aromatic heterocycles. The summed E-state index contributed by atoms with van der Waals surface area (Å²) in [6, 6.07) is 21.0. The number of benzene rings is 3. The summed E-state index contributed by atoms with van der Waals surface area (Å²) in [5.41, 5.74) is 5.34. The SMILES string of the molecule is COc1ccc(-c2c(C)noc2-c2ccc(OCc3ccc(C)cc3)cc2O)cc1. The van der Waals surface area contributed by atoms with Crippen molar-refractivity contribution in [1.82, 2.24) is 5.16 Å². The lowest BCUT2D eigenvalue weighted by Crippen LogP contribution is -1.95. The maximum absolute atomic E-state index is 10.7. The van der Waals surface area contributed by atoms with Crippen molar-refractivity contribution < 1.29 is 19.1 Å². The monoisotopic (exact) mass is 401 g/mol. The molecular weight excluding hydrogens is 378 g/mol. The minimum Gasteiger partial charge on any atom is -0.507 e. The number of nitrogens with zero attached hydrogens (tertiary/aromatic N) is 1. The van der Waals surface area contributed by atoms with Gasteiger partial charge in [0.1, 0.15) is 23.9 Å². The van der Waals surface area contributed by atoms with Gasteiger partial charge in [-0.2, -0.15) is 0 Å². The lowest BCUT2D eigenvalue weighted by molar-refractivity contribution is 0.304. The highest BCUT2D eigenvalue weighted by Gasteiger charge is 2.20. The van der Waals surface area contributed by atoms with Gasteiger partial charge in [0.05, 0.1) is 23.9 Å². The first kappa shape index (κ1) is 19.6. The molecule has 4 aromatic rings. The van der Waals surface area contributed by atoms with E-state index in [2.05, 4.69) is 5.16 Å². The highest BCUT2D eigenvalue weighted by Crippen LogP contribution is 2.40. The van der Waals surface area contributed by atoms with Crippen LogP contribution in [0.4, 0.5) is 0 Å². The zero-order valence-corrected chi connectivity index (χ0v) is 17.2. The van der Waals surface area contributed by atoms with Gasteiger partial charge in [-0.3, -0.25) is 0 Å². The number of phenolic OH excluding ortho intramolecular Hbond substituents is 1. The van der Waals surface area contributed by atoms with E-state index in [0.717, 1.165) is 28.1 Å².